The molecule has 4 nitrogen and oxygen atoms in total. The number of amides is 2. The fourth-order valence-electron chi connectivity index (χ4n) is 1.81. The summed E-state index contributed by atoms with van der Waals surface area (Å²) in [6.45, 7) is 0.457. The Kier molecular flexibility index (Phi) is 4.83. The molecule has 0 atom stereocenters. The molecule has 2 N–H and O–H groups in total. The lowest BCUT2D eigenvalue weighted by molar-refractivity contribution is 0.195. The molecule has 0 unspecified atom stereocenters. The molecule has 0 spiro atoms. The van der Waals surface area contributed by atoms with Gasteiger partial charge in [0.15, 0.2) is 0 Å². The second-order valence-electron chi connectivity index (χ2n) is 4.69. The molecule has 0 bridgehead atoms. The molecule has 1 aliphatic carbocycles. The number of carbonyl (C=O) groups excluding carboxylic acids is 1. The number of aliphatic hydroxyl groups excluding tert-OH is 1. The van der Waals surface area contributed by atoms with Crippen LogP contribution in [0.5, 0.6) is 0 Å². The van der Waals surface area contributed by atoms with E-state index in [4.69, 9.17) is 5.11 Å². The van der Waals surface area contributed by atoms with Gasteiger partial charge in [0.05, 0.1) is 6.54 Å². The minimum absolute atomic E-state index is 0.0129. The Morgan fingerprint density at radius 3 is 3.05 bits per heavy atom. The first-order valence-electron chi connectivity index (χ1n) is 6.38. The Morgan fingerprint density at radius 2 is 2.42 bits per heavy atom. The lowest BCUT2D eigenvalue weighted by Gasteiger charge is -2.28. The van der Waals surface area contributed by atoms with E-state index in [1.807, 2.05) is 11.4 Å². The molecule has 102 valence electrons. The van der Waals surface area contributed by atoms with E-state index >= 15 is 0 Å². The lowest BCUT2D eigenvalue weighted by Crippen LogP contribution is -2.45. The minimum atomic E-state index is -0.130. The number of aliphatic hydroxyl groups is 1. The van der Waals surface area contributed by atoms with Gasteiger partial charge in [0.2, 0.25) is 0 Å². The molecule has 1 fully saturated rings. The molecule has 0 radical (unpaired) electrons. The van der Waals surface area contributed by atoms with Crippen LogP contribution in [0.3, 0.4) is 0 Å². The Labute approximate surface area is 117 Å². The van der Waals surface area contributed by atoms with E-state index in [2.05, 4.69) is 17.2 Å². The van der Waals surface area contributed by atoms with Gasteiger partial charge in [0.1, 0.15) is 6.61 Å². The monoisotopic (exact) mass is 278 g/mol. The van der Waals surface area contributed by atoms with Crippen LogP contribution in [0.15, 0.2) is 11.4 Å². The van der Waals surface area contributed by atoms with Crippen LogP contribution in [0.25, 0.3) is 0 Å². The minimum Gasteiger partial charge on any atom is -0.384 e. The molecule has 19 heavy (non-hydrogen) atoms. The van der Waals surface area contributed by atoms with Gasteiger partial charge in [0, 0.05) is 28.9 Å². The summed E-state index contributed by atoms with van der Waals surface area (Å²) >= 11 is 1.58. The van der Waals surface area contributed by atoms with E-state index in [9.17, 15) is 4.79 Å². The quantitative estimate of drug-likeness (QED) is 0.828. The highest BCUT2D eigenvalue weighted by Gasteiger charge is 2.21. The molecule has 0 saturated heterocycles. The summed E-state index contributed by atoms with van der Waals surface area (Å²) in [5.74, 6) is 5.47. The number of nitrogens with zero attached hydrogens (tertiary/aromatic N) is 1. The fraction of sp³-hybridized carbons (Fsp3) is 0.500. The van der Waals surface area contributed by atoms with Gasteiger partial charge in [-0.05, 0) is 25.3 Å². The van der Waals surface area contributed by atoms with E-state index in [1.54, 1.807) is 23.3 Å². The molecule has 0 aromatic carbocycles. The van der Waals surface area contributed by atoms with Crippen molar-refractivity contribution in [2.24, 2.45) is 0 Å². The average molecular weight is 278 g/mol. The molecule has 1 aromatic heterocycles. The highest BCUT2D eigenvalue weighted by molar-refractivity contribution is 7.10. The first kappa shape index (κ1) is 13.9. The van der Waals surface area contributed by atoms with Crippen LogP contribution in [0.4, 0.5) is 4.79 Å². The summed E-state index contributed by atoms with van der Waals surface area (Å²) in [5, 5.41) is 13.6. The van der Waals surface area contributed by atoms with Crippen molar-refractivity contribution >= 4 is 17.4 Å². The van der Waals surface area contributed by atoms with Gasteiger partial charge >= 0.3 is 6.03 Å². The largest absolute Gasteiger partial charge is 0.384 e. The molecule has 0 aliphatic heterocycles. The van der Waals surface area contributed by atoms with Crippen LogP contribution in [-0.2, 0) is 6.54 Å². The number of urea groups is 1. The smallest absolute Gasteiger partial charge is 0.317 e. The maximum absolute atomic E-state index is 11.9. The fourth-order valence-corrected chi connectivity index (χ4v) is 2.68. The molecular weight excluding hydrogens is 260 g/mol. The maximum Gasteiger partial charge on any atom is 0.317 e. The molecule has 1 aromatic rings. The third kappa shape index (κ3) is 3.98. The summed E-state index contributed by atoms with van der Waals surface area (Å²) in [7, 11) is 1.80. The zero-order valence-corrected chi connectivity index (χ0v) is 11.8. The molecule has 2 amide bonds. The van der Waals surface area contributed by atoms with Gasteiger partial charge in [-0.3, -0.25) is 0 Å². The van der Waals surface area contributed by atoms with Gasteiger partial charge in [0.25, 0.3) is 0 Å². The predicted octanol–water partition coefficient (Wildman–Crippen LogP) is 1.79. The van der Waals surface area contributed by atoms with Crippen LogP contribution in [0.2, 0.25) is 0 Å². The van der Waals surface area contributed by atoms with Gasteiger partial charge in [-0.1, -0.05) is 11.8 Å². The van der Waals surface area contributed by atoms with E-state index in [0.29, 0.717) is 12.6 Å². The van der Waals surface area contributed by atoms with Crippen LogP contribution in [0.1, 0.15) is 29.7 Å². The van der Waals surface area contributed by atoms with Crippen LogP contribution < -0.4 is 5.32 Å². The van der Waals surface area contributed by atoms with E-state index in [0.717, 1.165) is 23.3 Å². The molecular formula is C14H18N2O2S. The zero-order valence-electron chi connectivity index (χ0n) is 11.0. The average Bonchev–Trinajstić information content (AvgIpc) is 2.78. The Bertz CT molecular complexity index is 497. The second-order valence-corrected chi connectivity index (χ2v) is 5.69. The molecule has 1 aliphatic rings. The van der Waals surface area contributed by atoms with Gasteiger partial charge in [-0.2, -0.15) is 0 Å². The Morgan fingerprint density at radius 1 is 1.63 bits per heavy atom. The number of carbonyl (C=O) groups is 1. The Balaban J connectivity index is 1.85. The summed E-state index contributed by atoms with van der Waals surface area (Å²) in [6.07, 6.45) is 3.41. The van der Waals surface area contributed by atoms with Crippen molar-refractivity contribution in [1.82, 2.24) is 10.2 Å². The summed E-state index contributed by atoms with van der Waals surface area (Å²) in [4.78, 5) is 14.7. The lowest BCUT2D eigenvalue weighted by atomic mass is 9.93. The van der Waals surface area contributed by atoms with Gasteiger partial charge in [-0.25, -0.2) is 4.79 Å². The van der Waals surface area contributed by atoms with Crippen molar-refractivity contribution in [2.75, 3.05) is 13.7 Å². The van der Waals surface area contributed by atoms with E-state index < -0.39 is 0 Å². The highest BCUT2D eigenvalue weighted by atomic mass is 32.1. The third-order valence-corrected chi connectivity index (χ3v) is 4.06. The number of thiophene rings is 1. The van der Waals surface area contributed by atoms with Crippen molar-refractivity contribution in [1.29, 1.82) is 0 Å². The van der Waals surface area contributed by atoms with Gasteiger partial charge in [-0.15, -0.1) is 11.3 Å². The van der Waals surface area contributed by atoms with Crippen molar-refractivity contribution in [3.63, 3.8) is 0 Å². The summed E-state index contributed by atoms with van der Waals surface area (Å²) < 4.78 is 0. The number of nitrogens with one attached hydrogen (secondary N) is 1. The SMILES string of the molecule is CN(Cc1cc(C#CCO)cs1)C(=O)NC1CCC1. The number of rotatable bonds is 3. The summed E-state index contributed by atoms with van der Waals surface area (Å²) in [5.41, 5.74) is 0.891. The van der Waals surface area contributed by atoms with Crippen LogP contribution >= 0.6 is 11.3 Å². The van der Waals surface area contributed by atoms with Crippen molar-refractivity contribution in [3.8, 4) is 11.8 Å². The standard InChI is InChI=1S/C14H18N2O2S/c1-16(14(18)15-12-5-2-6-12)9-13-8-11(10-19-13)4-3-7-17/h8,10,12,17H,2,5-7,9H2,1H3,(H,15,18). The summed E-state index contributed by atoms with van der Waals surface area (Å²) in [6, 6.07) is 2.31. The zero-order chi connectivity index (χ0) is 13.7. The topological polar surface area (TPSA) is 52.6 Å². The normalized spacial score (nSPS) is 14.2. The van der Waals surface area contributed by atoms with E-state index in [-0.39, 0.29) is 12.6 Å². The number of hydrogen-bond donors (Lipinski definition) is 2. The molecule has 5 heteroatoms. The first-order chi connectivity index (χ1) is 9.19. The highest BCUT2D eigenvalue weighted by Crippen LogP contribution is 2.19. The molecule has 1 saturated carbocycles. The third-order valence-electron chi connectivity index (χ3n) is 3.14. The van der Waals surface area contributed by atoms with Crippen molar-refractivity contribution in [2.45, 2.75) is 31.8 Å². The first-order valence-corrected chi connectivity index (χ1v) is 7.26. The number of hydrogen-bond acceptors (Lipinski definition) is 3. The van der Waals surface area contributed by atoms with Gasteiger partial charge < -0.3 is 15.3 Å². The van der Waals surface area contributed by atoms with Crippen molar-refractivity contribution < 1.29 is 9.90 Å². The van der Waals surface area contributed by atoms with E-state index in [1.165, 1.54) is 6.42 Å². The molecule has 1 heterocycles. The molecule has 2 rings (SSSR count). The van der Waals surface area contributed by atoms with Crippen LogP contribution in [0, 0.1) is 11.8 Å². The van der Waals surface area contributed by atoms with Crippen molar-refractivity contribution in [3.05, 3.63) is 21.9 Å². The maximum atomic E-state index is 11.9. The Hall–Kier alpha value is -1.51. The van der Waals surface area contributed by atoms with Crippen LogP contribution in [-0.4, -0.2) is 35.7 Å². The predicted molar refractivity (Wildman–Crippen MR) is 75.9 cm³/mol. The second kappa shape index (κ2) is 6.60.